The number of hydrogen-bond donors (Lipinski definition) is 2. The number of pyridine rings is 1. The van der Waals surface area contributed by atoms with E-state index in [2.05, 4.69) is 15.5 Å². The van der Waals surface area contributed by atoms with Gasteiger partial charge in [0.1, 0.15) is 5.82 Å². The molecular weight excluding hydrogens is 526 g/mol. The molecule has 0 spiro atoms. The van der Waals surface area contributed by atoms with Gasteiger partial charge in [-0.2, -0.15) is 0 Å². The van der Waals surface area contributed by atoms with Crippen LogP contribution in [0.1, 0.15) is 47.2 Å². The van der Waals surface area contributed by atoms with Crippen LogP contribution in [0.3, 0.4) is 0 Å². The van der Waals surface area contributed by atoms with Crippen molar-refractivity contribution in [3.05, 3.63) is 69.4 Å². The number of piperazine rings is 1. The molecule has 1 saturated heterocycles. The van der Waals surface area contributed by atoms with Gasteiger partial charge in [0.25, 0.3) is 11.5 Å². The fourth-order valence-corrected chi connectivity index (χ4v) is 5.19. The molecule has 3 aromatic rings. The third-order valence-corrected chi connectivity index (χ3v) is 7.75. The van der Waals surface area contributed by atoms with E-state index in [9.17, 15) is 14.0 Å². The van der Waals surface area contributed by atoms with Crippen LogP contribution in [-0.4, -0.2) is 47.6 Å². The zero-order chi connectivity index (χ0) is 24.8. The highest BCUT2D eigenvalue weighted by molar-refractivity contribution is 5.97. The summed E-state index contributed by atoms with van der Waals surface area (Å²) >= 11 is 0. The molecule has 2 N–H and O–H groups in total. The van der Waals surface area contributed by atoms with E-state index in [1.807, 2.05) is 29.0 Å². The van der Waals surface area contributed by atoms with Crippen molar-refractivity contribution in [2.75, 3.05) is 26.2 Å². The number of carbonyl (C=O) groups is 1. The van der Waals surface area contributed by atoms with E-state index in [1.54, 1.807) is 13.0 Å². The van der Waals surface area contributed by atoms with Crippen LogP contribution < -0.4 is 16.2 Å². The fourth-order valence-electron chi connectivity index (χ4n) is 5.19. The smallest absolute Gasteiger partial charge is 0.258 e. The molecular formula is C29H35Cl2FN4O2. The largest absolute Gasteiger partial charge is 0.349 e. The minimum absolute atomic E-state index is 0. The summed E-state index contributed by atoms with van der Waals surface area (Å²) in [5.41, 5.74) is 3.50. The lowest BCUT2D eigenvalue weighted by Gasteiger charge is -2.28. The van der Waals surface area contributed by atoms with Crippen molar-refractivity contribution in [1.82, 2.24) is 20.1 Å². The quantitative estimate of drug-likeness (QED) is 0.440. The first kappa shape index (κ1) is 28.6. The zero-order valence-electron chi connectivity index (χ0n) is 21.6. The highest BCUT2D eigenvalue weighted by Crippen LogP contribution is 2.33. The van der Waals surface area contributed by atoms with Crippen molar-refractivity contribution in [3.8, 4) is 11.1 Å². The lowest BCUT2D eigenvalue weighted by Crippen LogP contribution is -2.43. The number of fused-ring (bicyclic) bond motifs is 1. The number of rotatable bonds is 7. The standard InChI is InChI=1S/C29H33FN4O2.2ClH/c1-18-25(13-21(14-27(18)30)28(35)32-23-5-6-23)20-4-7-24-26(12-20)22(16-33-10-8-31-9-11-33)17-34(29(24)36)15-19-2-3-19;;/h4,7,12-14,17,19,23,31H,2-3,5-6,8-11,15-16H2,1H3,(H,32,35);2*1H. The molecule has 2 aliphatic carbocycles. The third-order valence-electron chi connectivity index (χ3n) is 7.75. The van der Waals surface area contributed by atoms with Gasteiger partial charge in [0, 0.05) is 62.5 Å². The highest BCUT2D eigenvalue weighted by atomic mass is 35.5. The van der Waals surface area contributed by atoms with Crippen LogP contribution in [0.4, 0.5) is 4.39 Å². The van der Waals surface area contributed by atoms with E-state index in [4.69, 9.17) is 0 Å². The van der Waals surface area contributed by atoms with E-state index in [0.29, 0.717) is 28.0 Å². The summed E-state index contributed by atoms with van der Waals surface area (Å²) in [6.45, 7) is 7.12. The molecule has 1 amide bonds. The monoisotopic (exact) mass is 560 g/mol. The van der Waals surface area contributed by atoms with Crippen LogP contribution in [0, 0.1) is 18.7 Å². The second-order valence-electron chi connectivity index (χ2n) is 10.7. The predicted molar refractivity (Wildman–Crippen MR) is 154 cm³/mol. The van der Waals surface area contributed by atoms with Gasteiger partial charge in [-0.25, -0.2) is 4.39 Å². The zero-order valence-corrected chi connectivity index (χ0v) is 23.2. The van der Waals surface area contributed by atoms with Crippen LogP contribution in [0.5, 0.6) is 0 Å². The van der Waals surface area contributed by atoms with Crippen LogP contribution in [0.25, 0.3) is 21.9 Å². The number of benzene rings is 2. The molecule has 2 aromatic carbocycles. The molecule has 0 radical (unpaired) electrons. The van der Waals surface area contributed by atoms with Gasteiger partial charge in [0.2, 0.25) is 0 Å². The summed E-state index contributed by atoms with van der Waals surface area (Å²) in [6, 6.07) is 9.10. The predicted octanol–water partition coefficient (Wildman–Crippen LogP) is 4.67. The Labute approximate surface area is 234 Å². The molecule has 6 nitrogen and oxygen atoms in total. The van der Waals surface area contributed by atoms with Crippen LogP contribution >= 0.6 is 24.8 Å². The Morgan fingerprint density at radius 2 is 1.79 bits per heavy atom. The first-order valence-electron chi connectivity index (χ1n) is 13.2. The number of nitrogens with zero attached hydrogens (tertiary/aromatic N) is 2. The van der Waals surface area contributed by atoms with Crippen molar-refractivity contribution in [1.29, 1.82) is 0 Å². The maximum atomic E-state index is 14.9. The van der Waals surface area contributed by atoms with E-state index < -0.39 is 5.82 Å². The summed E-state index contributed by atoms with van der Waals surface area (Å²) < 4.78 is 16.8. The van der Waals surface area contributed by atoms with Crippen molar-refractivity contribution in [2.24, 2.45) is 5.92 Å². The summed E-state index contributed by atoms with van der Waals surface area (Å²) in [4.78, 5) is 28.5. The SMILES string of the molecule is Cc1c(F)cc(C(=O)NC2CC2)cc1-c1ccc2c(=O)n(CC3CC3)cc(CN3CCNCC3)c2c1.Cl.Cl. The average molecular weight is 562 g/mol. The topological polar surface area (TPSA) is 66.4 Å². The summed E-state index contributed by atoms with van der Waals surface area (Å²) in [5, 5.41) is 7.97. The maximum Gasteiger partial charge on any atom is 0.258 e. The van der Waals surface area contributed by atoms with Crippen LogP contribution in [0.15, 0.2) is 41.3 Å². The van der Waals surface area contributed by atoms with Gasteiger partial charge in [-0.1, -0.05) is 6.07 Å². The number of hydrogen-bond acceptors (Lipinski definition) is 4. The van der Waals surface area contributed by atoms with E-state index in [0.717, 1.165) is 68.6 Å². The molecule has 38 heavy (non-hydrogen) atoms. The molecule has 0 unspecified atom stereocenters. The Bertz CT molecular complexity index is 1400. The Hall–Kier alpha value is -2.45. The van der Waals surface area contributed by atoms with Gasteiger partial charge >= 0.3 is 0 Å². The van der Waals surface area contributed by atoms with Gasteiger partial charge in [-0.05, 0) is 90.4 Å². The molecule has 0 atom stereocenters. The lowest BCUT2D eigenvalue weighted by atomic mass is 9.94. The number of carbonyl (C=O) groups excluding carboxylic acids is 1. The fraction of sp³-hybridized carbons (Fsp3) is 0.448. The molecule has 9 heteroatoms. The third kappa shape index (κ3) is 6.07. The van der Waals surface area contributed by atoms with Gasteiger partial charge in [0.05, 0.1) is 0 Å². The molecule has 3 aliphatic rings. The Balaban J connectivity index is 0.00000168. The van der Waals surface area contributed by atoms with Gasteiger partial charge in [-0.3, -0.25) is 14.5 Å². The van der Waals surface area contributed by atoms with Crippen LogP contribution in [-0.2, 0) is 13.1 Å². The van der Waals surface area contributed by atoms with Gasteiger partial charge < -0.3 is 15.2 Å². The summed E-state index contributed by atoms with van der Waals surface area (Å²) in [6.07, 6.45) is 6.37. The molecule has 1 aromatic heterocycles. The van der Waals surface area contributed by atoms with Crippen LogP contribution in [0.2, 0.25) is 0 Å². The molecule has 3 fully saturated rings. The van der Waals surface area contributed by atoms with Crippen molar-refractivity contribution in [2.45, 2.75) is 51.7 Å². The summed E-state index contributed by atoms with van der Waals surface area (Å²) in [7, 11) is 0. The minimum atomic E-state index is -0.394. The molecule has 6 rings (SSSR count). The Kier molecular flexibility index (Phi) is 8.82. The molecule has 1 aliphatic heterocycles. The average Bonchev–Trinajstić information content (AvgIpc) is 3.81. The lowest BCUT2D eigenvalue weighted by molar-refractivity contribution is 0.0950. The summed E-state index contributed by atoms with van der Waals surface area (Å²) in [5.74, 6) is -0.0307. The number of nitrogens with one attached hydrogen (secondary N) is 2. The first-order valence-corrected chi connectivity index (χ1v) is 13.2. The van der Waals surface area contributed by atoms with E-state index in [-0.39, 0.29) is 42.3 Å². The highest BCUT2D eigenvalue weighted by Gasteiger charge is 2.26. The van der Waals surface area contributed by atoms with E-state index in [1.165, 1.54) is 18.9 Å². The van der Waals surface area contributed by atoms with Crippen molar-refractivity contribution in [3.63, 3.8) is 0 Å². The molecule has 2 heterocycles. The molecule has 2 saturated carbocycles. The number of aromatic nitrogens is 1. The second-order valence-corrected chi connectivity index (χ2v) is 10.7. The maximum absolute atomic E-state index is 14.9. The van der Waals surface area contributed by atoms with Gasteiger partial charge in [0.15, 0.2) is 0 Å². The Morgan fingerprint density at radius 1 is 1.05 bits per heavy atom. The Morgan fingerprint density at radius 3 is 2.47 bits per heavy atom. The molecule has 0 bridgehead atoms. The van der Waals surface area contributed by atoms with Gasteiger partial charge in [-0.15, -0.1) is 24.8 Å². The van der Waals surface area contributed by atoms with Crippen molar-refractivity contribution >= 4 is 41.5 Å². The normalized spacial score (nSPS) is 17.5. The number of amides is 1. The minimum Gasteiger partial charge on any atom is -0.349 e. The second kappa shape index (κ2) is 11.7. The molecule has 204 valence electrons. The number of halogens is 3. The first-order chi connectivity index (χ1) is 17.5. The van der Waals surface area contributed by atoms with Crippen molar-refractivity contribution < 1.29 is 9.18 Å². The van der Waals surface area contributed by atoms with E-state index >= 15 is 0 Å².